The number of hydrogen-bond acceptors (Lipinski definition) is 2. The Bertz CT molecular complexity index is 324. The molecule has 1 N–H and O–H groups in total. The number of rotatable bonds is 6. The summed E-state index contributed by atoms with van der Waals surface area (Å²) in [5.41, 5.74) is 1.21. The van der Waals surface area contributed by atoms with Crippen LogP contribution in [0.15, 0.2) is 22.7 Å². The summed E-state index contributed by atoms with van der Waals surface area (Å²) in [4.78, 5) is 0. The van der Waals surface area contributed by atoms with E-state index < -0.39 is 0 Å². The highest BCUT2D eigenvalue weighted by atomic mass is 79.9. The Labute approximate surface area is 107 Å². The molecule has 0 spiro atoms. The lowest BCUT2D eigenvalue weighted by Crippen LogP contribution is -2.27. The van der Waals surface area contributed by atoms with Gasteiger partial charge in [0.1, 0.15) is 5.75 Å². The van der Waals surface area contributed by atoms with E-state index in [1.165, 1.54) is 5.56 Å². The molecule has 0 bridgehead atoms. The Morgan fingerprint density at radius 3 is 2.56 bits per heavy atom. The van der Waals surface area contributed by atoms with Crippen molar-refractivity contribution in [3.05, 3.63) is 28.2 Å². The van der Waals surface area contributed by atoms with Gasteiger partial charge in [-0.3, -0.25) is 0 Å². The predicted octanol–water partition coefficient (Wildman–Crippen LogP) is 3.74. The van der Waals surface area contributed by atoms with Gasteiger partial charge in [0.2, 0.25) is 0 Å². The van der Waals surface area contributed by atoms with Gasteiger partial charge in [0.05, 0.1) is 7.11 Å². The van der Waals surface area contributed by atoms with Gasteiger partial charge < -0.3 is 10.1 Å². The van der Waals surface area contributed by atoms with Gasteiger partial charge in [-0.25, -0.2) is 0 Å². The fourth-order valence-electron chi connectivity index (χ4n) is 1.70. The third-order valence-electron chi connectivity index (χ3n) is 2.82. The predicted molar refractivity (Wildman–Crippen MR) is 71.9 cm³/mol. The molecular weight excluding hydrogens is 266 g/mol. The molecule has 1 aromatic rings. The molecule has 3 heteroatoms. The summed E-state index contributed by atoms with van der Waals surface area (Å²) in [6.45, 7) is 5.28. The average molecular weight is 286 g/mol. The van der Waals surface area contributed by atoms with Gasteiger partial charge in [-0.15, -0.1) is 0 Å². The number of ether oxygens (including phenoxy) is 1. The van der Waals surface area contributed by atoms with E-state index in [0.717, 1.165) is 29.6 Å². The Morgan fingerprint density at radius 2 is 2.00 bits per heavy atom. The first-order valence-corrected chi connectivity index (χ1v) is 6.56. The first-order chi connectivity index (χ1) is 7.71. The lowest BCUT2D eigenvalue weighted by molar-refractivity contribution is 0.403. The van der Waals surface area contributed by atoms with Crippen molar-refractivity contribution in [2.24, 2.45) is 0 Å². The molecule has 0 aliphatic carbocycles. The summed E-state index contributed by atoms with van der Waals surface area (Å²) >= 11 is 3.44. The molecule has 0 saturated heterocycles. The van der Waals surface area contributed by atoms with Crippen molar-refractivity contribution in [1.82, 2.24) is 5.32 Å². The zero-order valence-electron chi connectivity index (χ0n) is 10.2. The van der Waals surface area contributed by atoms with Crippen molar-refractivity contribution in [2.75, 3.05) is 7.11 Å². The Kier molecular flexibility index (Phi) is 5.85. The minimum absolute atomic E-state index is 0.591. The number of benzene rings is 1. The van der Waals surface area contributed by atoms with E-state index in [9.17, 15) is 0 Å². The SMILES string of the molecule is CCC(CC)NCc1ccc(Br)cc1OC. The van der Waals surface area contributed by atoms with E-state index in [2.05, 4.69) is 41.2 Å². The second-order valence-electron chi connectivity index (χ2n) is 3.85. The Morgan fingerprint density at radius 1 is 1.31 bits per heavy atom. The van der Waals surface area contributed by atoms with Gasteiger partial charge >= 0.3 is 0 Å². The van der Waals surface area contributed by atoms with E-state index in [4.69, 9.17) is 4.74 Å². The lowest BCUT2D eigenvalue weighted by atomic mass is 10.1. The van der Waals surface area contributed by atoms with Crippen LogP contribution in [-0.2, 0) is 6.54 Å². The van der Waals surface area contributed by atoms with Gasteiger partial charge in [-0.05, 0) is 25.0 Å². The second-order valence-corrected chi connectivity index (χ2v) is 4.77. The first kappa shape index (κ1) is 13.5. The second kappa shape index (κ2) is 6.92. The molecule has 0 saturated carbocycles. The van der Waals surface area contributed by atoms with E-state index in [1.54, 1.807) is 7.11 Å². The zero-order chi connectivity index (χ0) is 12.0. The lowest BCUT2D eigenvalue weighted by Gasteiger charge is -2.16. The average Bonchev–Trinajstić information content (AvgIpc) is 2.31. The zero-order valence-corrected chi connectivity index (χ0v) is 11.8. The number of hydrogen-bond donors (Lipinski definition) is 1. The number of nitrogens with one attached hydrogen (secondary N) is 1. The number of halogens is 1. The van der Waals surface area contributed by atoms with Crippen LogP contribution in [0.4, 0.5) is 0 Å². The summed E-state index contributed by atoms with van der Waals surface area (Å²) < 4.78 is 6.41. The first-order valence-electron chi connectivity index (χ1n) is 5.77. The van der Waals surface area contributed by atoms with E-state index >= 15 is 0 Å². The molecule has 0 aromatic heterocycles. The van der Waals surface area contributed by atoms with Crippen LogP contribution in [0.3, 0.4) is 0 Å². The summed E-state index contributed by atoms with van der Waals surface area (Å²) in [5.74, 6) is 0.938. The van der Waals surface area contributed by atoms with Crippen molar-refractivity contribution in [1.29, 1.82) is 0 Å². The maximum atomic E-state index is 5.36. The van der Waals surface area contributed by atoms with Crippen molar-refractivity contribution in [3.8, 4) is 5.75 Å². The molecule has 0 heterocycles. The van der Waals surface area contributed by atoms with Crippen LogP contribution in [0.2, 0.25) is 0 Å². The largest absolute Gasteiger partial charge is 0.496 e. The smallest absolute Gasteiger partial charge is 0.124 e. The van der Waals surface area contributed by atoms with E-state index in [0.29, 0.717) is 6.04 Å². The third-order valence-corrected chi connectivity index (χ3v) is 3.31. The molecule has 0 aliphatic heterocycles. The van der Waals surface area contributed by atoms with E-state index in [1.807, 2.05) is 12.1 Å². The highest BCUT2D eigenvalue weighted by molar-refractivity contribution is 9.10. The van der Waals surface area contributed by atoms with Crippen LogP contribution in [0.5, 0.6) is 5.75 Å². The molecule has 90 valence electrons. The molecule has 16 heavy (non-hydrogen) atoms. The van der Waals surface area contributed by atoms with Gasteiger partial charge in [-0.2, -0.15) is 0 Å². The highest BCUT2D eigenvalue weighted by Crippen LogP contribution is 2.23. The fraction of sp³-hybridized carbons (Fsp3) is 0.538. The topological polar surface area (TPSA) is 21.3 Å². The van der Waals surface area contributed by atoms with Gasteiger partial charge in [-0.1, -0.05) is 35.8 Å². The summed E-state index contributed by atoms with van der Waals surface area (Å²) in [6.07, 6.45) is 2.32. The molecular formula is C13H20BrNO. The van der Waals surface area contributed by atoms with Gasteiger partial charge in [0.25, 0.3) is 0 Å². The van der Waals surface area contributed by atoms with Crippen LogP contribution in [-0.4, -0.2) is 13.2 Å². The minimum Gasteiger partial charge on any atom is -0.496 e. The van der Waals surface area contributed by atoms with Crippen LogP contribution in [0, 0.1) is 0 Å². The molecule has 0 amide bonds. The minimum atomic E-state index is 0.591. The summed E-state index contributed by atoms with van der Waals surface area (Å²) in [5, 5.41) is 3.53. The highest BCUT2D eigenvalue weighted by Gasteiger charge is 2.06. The molecule has 1 aromatic carbocycles. The van der Waals surface area contributed by atoms with Crippen LogP contribution in [0.25, 0.3) is 0 Å². The maximum Gasteiger partial charge on any atom is 0.124 e. The maximum absolute atomic E-state index is 5.36. The van der Waals surface area contributed by atoms with Crippen molar-refractivity contribution in [3.63, 3.8) is 0 Å². The van der Waals surface area contributed by atoms with Crippen LogP contribution in [0.1, 0.15) is 32.3 Å². The molecule has 1 rings (SSSR count). The quantitative estimate of drug-likeness (QED) is 0.860. The normalized spacial score (nSPS) is 10.8. The molecule has 0 unspecified atom stereocenters. The van der Waals surface area contributed by atoms with Crippen LogP contribution >= 0.6 is 15.9 Å². The Hall–Kier alpha value is -0.540. The molecule has 0 aliphatic rings. The van der Waals surface area contributed by atoms with Crippen molar-refractivity contribution in [2.45, 2.75) is 39.3 Å². The molecule has 0 atom stereocenters. The standard InChI is InChI=1S/C13H20BrNO/c1-4-12(5-2)15-9-10-6-7-11(14)8-13(10)16-3/h6-8,12,15H,4-5,9H2,1-3H3. The molecule has 0 fully saturated rings. The Balaban J connectivity index is 2.65. The van der Waals surface area contributed by atoms with Gasteiger partial charge in [0.15, 0.2) is 0 Å². The summed E-state index contributed by atoms with van der Waals surface area (Å²) in [7, 11) is 1.71. The molecule has 2 nitrogen and oxygen atoms in total. The summed E-state index contributed by atoms with van der Waals surface area (Å²) in [6, 6.07) is 6.74. The van der Waals surface area contributed by atoms with E-state index in [-0.39, 0.29) is 0 Å². The van der Waals surface area contributed by atoms with Crippen molar-refractivity contribution < 1.29 is 4.74 Å². The van der Waals surface area contributed by atoms with Crippen molar-refractivity contribution >= 4 is 15.9 Å². The van der Waals surface area contributed by atoms with Crippen LogP contribution < -0.4 is 10.1 Å². The van der Waals surface area contributed by atoms with Gasteiger partial charge in [0, 0.05) is 22.6 Å². The number of methoxy groups -OCH3 is 1. The fourth-order valence-corrected chi connectivity index (χ4v) is 2.04. The third kappa shape index (κ3) is 3.80. The molecule has 0 radical (unpaired) electrons. The monoisotopic (exact) mass is 285 g/mol.